The number of carboxylic acids is 1. The molecular formula is C15H19BrN2O5. The highest BCUT2D eigenvalue weighted by Gasteiger charge is 2.28. The Hall–Kier alpha value is -1.83. The van der Waals surface area contributed by atoms with Crippen molar-refractivity contribution < 1.29 is 23.9 Å². The van der Waals surface area contributed by atoms with Crippen LogP contribution < -0.4 is 0 Å². The normalized spacial score (nSPS) is 18.3. The average Bonchev–Trinajstić information content (AvgIpc) is 2.78. The maximum atomic E-state index is 12.4. The Morgan fingerprint density at radius 3 is 2.65 bits per heavy atom. The molecule has 0 aromatic carbocycles. The first-order chi connectivity index (χ1) is 10.9. The molecule has 1 fully saturated rings. The van der Waals surface area contributed by atoms with Crippen molar-refractivity contribution in [1.29, 1.82) is 0 Å². The van der Waals surface area contributed by atoms with Crippen molar-refractivity contribution in [1.82, 2.24) is 9.80 Å². The van der Waals surface area contributed by atoms with Crippen LogP contribution in [0, 0.1) is 0 Å². The monoisotopic (exact) mass is 386 g/mol. The van der Waals surface area contributed by atoms with Crippen molar-refractivity contribution >= 4 is 33.7 Å². The van der Waals surface area contributed by atoms with Crippen LogP contribution in [-0.2, 0) is 9.59 Å². The zero-order valence-electron chi connectivity index (χ0n) is 12.8. The molecule has 0 bridgehead atoms. The fourth-order valence-corrected chi connectivity index (χ4v) is 3.13. The predicted octanol–water partition coefficient (Wildman–Crippen LogP) is 1.97. The van der Waals surface area contributed by atoms with Crippen LogP contribution in [-0.4, -0.2) is 58.4 Å². The maximum Gasteiger partial charge on any atom is 0.323 e. The Morgan fingerprint density at radius 2 is 2.09 bits per heavy atom. The number of hydrogen-bond acceptors (Lipinski definition) is 4. The number of carbonyl (C=O) groups excluding carboxylic acids is 2. The standard InChI is InChI=1S/C15H19BrN2O5/c1-10(19)18(9-14(20)21)11-3-2-7-17(8-6-11)15(22)12-4-5-13(16)23-12/h4-5,11H,2-3,6-9H2,1H3,(H,20,21). The SMILES string of the molecule is CC(=O)N(CC(=O)O)C1CCCN(C(=O)c2ccc(Br)o2)CC1. The van der Waals surface area contributed by atoms with Gasteiger partial charge in [0, 0.05) is 26.1 Å². The average molecular weight is 387 g/mol. The van der Waals surface area contributed by atoms with Gasteiger partial charge in [-0.3, -0.25) is 14.4 Å². The molecule has 2 heterocycles. The van der Waals surface area contributed by atoms with Crippen LogP contribution in [0.25, 0.3) is 0 Å². The Kier molecular flexibility index (Phi) is 5.81. The molecule has 1 aliphatic heterocycles. The first kappa shape index (κ1) is 17.5. The number of rotatable bonds is 4. The lowest BCUT2D eigenvalue weighted by atomic mass is 10.1. The molecule has 0 saturated carbocycles. The van der Waals surface area contributed by atoms with Crippen molar-refractivity contribution in [2.24, 2.45) is 0 Å². The quantitative estimate of drug-likeness (QED) is 0.853. The lowest BCUT2D eigenvalue weighted by Crippen LogP contribution is -2.43. The number of halogens is 1. The van der Waals surface area contributed by atoms with E-state index in [1.54, 1.807) is 17.0 Å². The predicted molar refractivity (Wildman–Crippen MR) is 85.0 cm³/mol. The second-order valence-electron chi connectivity index (χ2n) is 5.52. The lowest BCUT2D eigenvalue weighted by molar-refractivity contribution is -0.145. The molecule has 2 amide bonds. The molecule has 0 aliphatic carbocycles. The summed E-state index contributed by atoms with van der Waals surface area (Å²) in [5, 5.41) is 8.95. The first-order valence-corrected chi connectivity index (χ1v) is 8.21. The van der Waals surface area contributed by atoms with Gasteiger partial charge >= 0.3 is 5.97 Å². The van der Waals surface area contributed by atoms with Gasteiger partial charge in [-0.05, 0) is 47.3 Å². The third-order valence-electron chi connectivity index (χ3n) is 3.92. The fraction of sp³-hybridized carbons (Fsp3) is 0.533. The minimum Gasteiger partial charge on any atom is -0.480 e. The third kappa shape index (κ3) is 4.57. The summed E-state index contributed by atoms with van der Waals surface area (Å²) in [6, 6.07) is 3.11. The molecule has 0 spiro atoms. The molecule has 0 radical (unpaired) electrons. The molecule has 1 aromatic rings. The highest BCUT2D eigenvalue weighted by Crippen LogP contribution is 2.21. The smallest absolute Gasteiger partial charge is 0.323 e. The van der Waals surface area contributed by atoms with Crippen LogP contribution >= 0.6 is 15.9 Å². The number of hydrogen-bond donors (Lipinski definition) is 1. The summed E-state index contributed by atoms with van der Waals surface area (Å²) in [5.41, 5.74) is 0. The first-order valence-electron chi connectivity index (χ1n) is 7.42. The summed E-state index contributed by atoms with van der Waals surface area (Å²) in [5.74, 6) is -1.21. The molecule has 1 atom stereocenters. The van der Waals surface area contributed by atoms with Gasteiger partial charge in [-0.1, -0.05) is 0 Å². The largest absolute Gasteiger partial charge is 0.480 e. The van der Waals surface area contributed by atoms with E-state index in [9.17, 15) is 14.4 Å². The minimum absolute atomic E-state index is 0.162. The van der Waals surface area contributed by atoms with Crippen LogP contribution in [0.2, 0.25) is 0 Å². The van der Waals surface area contributed by atoms with Gasteiger partial charge in [-0.15, -0.1) is 0 Å². The highest BCUT2D eigenvalue weighted by molar-refractivity contribution is 9.10. The number of nitrogens with zero attached hydrogens (tertiary/aromatic N) is 2. The molecule has 1 aromatic heterocycles. The van der Waals surface area contributed by atoms with E-state index in [1.807, 2.05) is 0 Å². The van der Waals surface area contributed by atoms with Gasteiger partial charge in [-0.25, -0.2) is 0 Å². The molecule has 1 unspecified atom stereocenters. The summed E-state index contributed by atoms with van der Waals surface area (Å²) >= 11 is 3.17. The molecule has 7 nitrogen and oxygen atoms in total. The van der Waals surface area contributed by atoms with Crippen molar-refractivity contribution in [2.75, 3.05) is 19.6 Å². The van der Waals surface area contributed by atoms with Gasteiger partial charge in [0.15, 0.2) is 10.4 Å². The summed E-state index contributed by atoms with van der Waals surface area (Å²) in [7, 11) is 0. The van der Waals surface area contributed by atoms with Gasteiger partial charge < -0.3 is 19.3 Å². The number of carbonyl (C=O) groups is 3. The van der Waals surface area contributed by atoms with Gasteiger partial charge in [0.25, 0.3) is 5.91 Å². The second kappa shape index (κ2) is 7.63. The molecular weight excluding hydrogens is 368 g/mol. The molecule has 8 heteroatoms. The van der Waals surface area contributed by atoms with Crippen LogP contribution in [0.4, 0.5) is 0 Å². The van der Waals surface area contributed by atoms with E-state index in [2.05, 4.69) is 15.9 Å². The van der Waals surface area contributed by atoms with Gasteiger partial charge in [0.2, 0.25) is 5.91 Å². The van der Waals surface area contributed by atoms with Gasteiger partial charge in [0.1, 0.15) is 6.54 Å². The topological polar surface area (TPSA) is 91.1 Å². The third-order valence-corrected chi connectivity index (χ3v) is 4.35. The van der Waals surface area contributed by atoms with Crippen molar-refractivity contribution in [2.45, 2.75) is 32.2 Å². The number of likely N-dealkylation sites (tertiary alicyclic amines) is 1. The molecule has 23 heavy (non-hydrogen) atoms. The summed E-state index contributed by atoms with van der Waals surface area (Å²) < 4.78 is 5.79. The van der Waals surface area contributed by atoms with Gasteiger partial charge in [0.05, 0.1) is 0 Å². The van der Waals surface area contributed by atoms with Crippen molar-refractivity contribution in [3.05, 3.63) is 22.6 Å². The number of aliphatic carboxylic acids is 1. The van der Waals surface area contributed by atoms with E-state index in [-0.39, 0.29) is 30.2 Å². The van der Waals surface area contributed by atoms with E-state index in [1.165, 1.54) is 11.8 Å². The summed E-state index contributed by atoms with van der Waals surface area (Å²) in [6.07, 6.45) is 1.95. The van der Waals surface area contributed by atoms with E-state index in [4.69, 9.17) is 9.52 Å². The lowest BCUT2D eigenvalue weighted by Gasteiger charge is -2.28. The van der Waals surface area contributed by atoms with E-state index in [0.717, 1.165) is 0 Å². The van der Waals surface area contributed by atoms with Crippen molar-refractivity contribution in [3.8, 4) is 0 Å². The zero-order valence-corrected chi connectivity index (χ0v) is 14.4. The molecule has 1 aliphatic rings. The Morgan fingerprint density at radius 1 is 1.35 bits per heavy atom. The maximum absolute atomic E-state index is 12.4. The van der Waals surface area contributed by atoms with E-state index < -0.39 is 5.97 Å². The van der Waals surface area contributed by atoms with Crippen LogP contribution in [0.15, 0.2) is 21.2 Å². The van der Waals surface area contributed by atoms with Crippen LogP contribution in [0.1, 0.15) is 36.7 Å². The Labute approximate surface area is 142 Å². The zero-order chi connectivity index (χ0) is 17.0. The minimum atomic E-state index is -1.03. The Balaban J connectivity index is 2.02. The summed E-state index contributed by atoms with van der Waals surface area (Å²) in [4.78, 5) is 38.1. The second-order valence-corrected chi connectivity index (χ2v) is 6.30. The highest BCUT2D eigenvalue weighted by atomic mass is 79.9. The van der Waals surface area contributed by atoms with Crippen LogP contribution in [0.5, 0.6) is 0 Å². The van der Waals surface area contributed by atoms with E-state index in [0.29, 0.717) is 37.0 Å². The van der Waals surface area contributed by atoms with Crippen LogP contribution in [0.3, 0.4) is 0 Å². The van der Waals surface area contributed by atoms with E-state index >= 15 is 0 Å². The number of furan rings is 1. The molecule has 126 valence electrons. The molecule has 1 N–H and O–H groups in total. The molecule has 1 saturated heterocycles. The van der Waals surface area contributed by atoms with Crippen molar-refractivity contribution in [3.63, 3.8) is 0 Å². The summed E-state index contributed by atoms with van der Waals surface area (Å²) in [6.45, 7) is 2.09. The number of carboxylic acid groups (broad SMARTS) is 1. The Bertz CT molecular complexity index is 600. The molecule has 2 rings (SSSR count). The van der Waals surface area contributed by atoms with Gasteiger partial charge in [-0.2, -0.15) is 0 Å². The number of amides is 2. The fourth-order valence-electron chi connectivity index (χ4n) is 2.82.